The second-order valence-corrected chi connectivity index (χ2v) is 6.11. The summed E-state index contributed by atoms with van der Waals surface area (Å²) >= 11 is 0. The summed E-state index contributed by atoms with van der Waals surface area (Å²) in [5.41, 5.74) is 7.25. The summed E-state index contributed by atoms with van der Waals surface area (Å²) in [6, 6.07) is 16.6. The van der Waals surface area contributed by atoms with Gasteiger partial charge in [-0.25, -0.2) is 0 Å². The van der Waals surface area contributed by atoms with E-state index in [0.29, 0.717) is 0 Å². The zero-order chi connectivity index (χ0) is 23.9. The molecule has 0 amide bonds. The minimum absolute atomic E-state index is 0. The predicted molar refractivity (Wildman–Crippen MR) is 144 cm³/mol. The molecule has 176 valence electrons. The van der Waals surface area contributed by atoms with Crippen LogP contribution >= 0.6 is 0 Å². The van der Waals surface area contributed by atoms with Crippen LogP contribution in [-0.4, -0.2) is 9.97 Å². The molecule has 2 heteroatoms. The number of benzene rings is 1. The zero-order valence-electron chi connectivity index (χ0n) is 21.7. The van der Waals surface area contributed by atoms with Gasteiger partial charge < -0.3 is 0 Å². The average Bonchev–Trinajstić information content (AvgIpc) is 2.79. The van der Waals surface area contributed by atoms with Gasteiger partial charge in [0.1, 0.15) is 0 Å². The highest BCUT2D eigenvalue weighted by Gasteiger charge is 1.82. The first-order valence-corrected chi connectivity index (χ1v) is 11.2. The lowest BCUT2D eigenvalue weighted by Crippen LogP contribution is -1.78. The molecule has 0 bridgehead atoms. The van der Waals surface area contributed by atoms with E-state index in [4.69, 9.17) is 0 Å². The highest BCUT2D eigenvalue weighted by molar-refractivity contribution is 5.19. The van der Waals surface area contributed by atoms with Crippen LogP contribution in [0.4, 0.5) is 0 Å². The Balaban J connectivity index is -0.000000155. The van der Waals surface area contributed by atoms with Gasteiger partial charge in [-0.2, -0.15) is 0 Å². The van der Waals surface area contributed by atoms with Crippen LogP contribution in [0.1, 0.15) is 82.6 Å². The molecule has 0 aliphatic carbocycles. The molecule has 2 heterocycles. The van der Waals surface area contributed by atoms with E-state index in [0.717, 1.165) is 11.4 Å². The SMILES string of the molecule is C.CC.CC.CC.Cc1ccc(C)cc1.Cc1ccc(C)nc1.Cc1ccc(C)nc1. The van der Waals surface area contributed by atoms with Gasteiger partial charge in [-0.3, -0.25) is 9.97 Å². The molecule has 0 aliphatic rings. The van der Waals surface area contributed by atoms with E-state index < -0.39 is 0 Å². The van der Waals surface area contributed by atoms with Gasteiger partial charge in [0, 0.05) is 23.8 Å². The van der Waals surface area contributed by atoms with Crippen LogP contribution in [0.5, 0.6) is 0 Å². The summed E-state index contributed by atoms with van der Waals surface area (Å²) in [5.74, 6) is 0. The van der Waals surface area contributed by atoms with Gasteiger partial charge in [0.15, 0.2) is 0 Å². The molecule has 0 N–H and O–H groups in total. The zero-order valence-corrected chi connectivity index (χ0v) is 21.7. The number of hydrogen-bond acceptors (Lipinski definition) is 2. The van der Waals surface area contributed by atoms with Crippen LogP contribution in [0.3, 0.4) is 0 Å². The molecular weight excluding hydrogens is 376 g/mol. The molecule has 2 aromatic heterocycles. The molecular formula is C29H50N2. The van der Waals surface area contributed by atoms with Crippen molar-refractivity contribution in [2.45, 2.75) is 90.5 Å². The molecule has 3 rings (SSSR count). The largest absolute Gasteiger partial charge is 0.261 e. The predicted octanol–water partition coefficient (Wildman–Crippen LogP) is 9.42. The van der Waals surface area contributed by atoms with Crippen LogP contribution in [0, 0.1) is 41.5 Å². The van der Waals surface area contributed by atoms with Crippen molar-refractivity contribution in [1.82, 2.24) is 9.97 Å². The summed E-state index contributed by atoms with van der Waals surface area (Å²) in [5, 5.41) is 0. The number of rotatable bonds is 0. The second-order valence-electron chi connectivity index (χ2n) is 6.11. The fraction of sp³-hybridized carbons (Fsp3) is 0.448. The van der Waals surface area contributed by atoms with E-state index in [1.165, 1.54) is 22.3 Å². The van der Waals surface area contributed by atoms with E-state index >= 15 is 0 Å². The number of pyridine rings is 2. The topological polar surface area (TPSA) is 25.8 Å². The average molecular weight is 427 g/mol. The quantitative estimate of drug-likeness (QED) is 0.357. The first kappa shape index (κ1) is 35.9. The van der Waals surface area contributed by atoms with Gasteiger partial charge in [0.25, 0.3) is 0 Å². The molecule has 2 nitrogen and oxygen atoms in total. The maximum Gasteiger partial charge on any atom is 0.0372 e. The molecule has 0 saturated heterocycles. The van der Waals surface area contributed by atoms with Crippen molar-refractivity contribution in [3.63, 3.8) is 0 Å². The lowest BCUT2D eigenvalue weighted by atomic mass is 10.2. The van der Waals surface area contributed by atoms with Crippen LogP contribution in [0.15, 0.2) is 60.9 Å². The molecule has 0 fully saturated rings. The third-order valence-electron chi connectivity index (χ3n) is 3.34. The van der Waals surface area contributed by atoms with Crippen molar-refractivity contribution in [3.05, 3.63) is 94.6 Å². The molecule has 0 radical (unpaired) electrons. The fourth-order valence-electron chi connectivity index (χ4n) is 1.72. The van der Waals surface area contributed by atoms with Crippen molar-refractivity contribution in [2.75, 3.05) is 0 Å². The lowest BCUT2D eigenvalue weighted by Gasteiger charge is -1.90. The Hall–Kier alpha value is -2.48. The van der Waals surface area contributed by atoms with Crippen molar-refractivity contribution in [2.24, 2.45) is 0 Å². The van der Waals surface area contributed by atoms with Crippen LogP contribution < -0.4 is 0 Å². The van der Waals surface area contributed by atoms with E-state index in [1.54, 1.807) is 0 Å². The van der Waals surface area contributed by atoms with Crippen LogP contribution in [0.2, 0.25) is 0 Å². The van der Waals surface area contributed by atoms with Crippen molar-refractivity contribution in [3.8, 4) is 0 Å². The molecule has 0 saturated carbocycles. The lowest BCUT2D eigenvalue weighted by molar-refractivity contribution is 1.17. The first-order chi connectivity index (χ1) is 14.4. The Morgan fingerprint density at radius 3 is 0.774 bits per heavy atom. The minimum Gasteiger partial charge on any atom is -0.261 e. The third kappa shape index (κ3) is 23.7. The van der Waals surface area contributed by atoms with Gasteiger partial charge >= 0.3 is 0 Å². The standard InChI is InChI=1S/C8H10.2C7H9N.3C2H6.CH4/c1-7-3-5-8(2)6-4-7;2*1-6-3-4-7(2)8-5-6;3*1-2;/h3-6H,1-2H3;2*3-5H,1-2H3;3*1-2H3;1H4. The molecule has 3 aromatic rings. The second kappa shape index (κ2) is 25.6. The van der Waals surface area contributed by atoms with Crippen LogP contribution in [0.25, 0.3) is 0 Å². The number of aryl methyl sites for hydroxylation is 6. The number of aromatic nitrogens is 2. The van der Waals surface area contributed by atoms with Gasteiger partial charge in [0.2, 0.25) is 0 Å². The highest BCUT2D eigenvalue weighted by atomic mass is 14.7. The molecule has 0 aliphatic heterocycles. The van der Waals surface area contributed by atoms with E-state index in [-0.39, 0.29) is 7.43 Å². The Morgan fingerprint density at radius 2 is 0.613 bits per heavy atom. The highest BCUT2D eigenvalue weighted by Crippen LogP contribution is 1.99. The molecule has 1 aromatic carbocycles. The molecule has 0 unspecified atom stereocenters. The van der Waals surface area contributed by atoms with Crippen molar-refractivity contribution >= 4 is 0 Å². The summed E-state index contributed by atoms with van der Waals surface area (Å²) < 4.78 is 0. The molecule has 0 spiro atoms. The normalized spacial score (nSPS) is 7.74. The van der Waals surface area contributed by atoms with Crippen molar-refractivity contribution in [1.29, 1.82) is 0 Å². The van der Waals surface area contributed by atoms with Gasteiger partial charge in [0.05, 0.1) is 0 Å². The van der Waals surface area contributed by atoms with E-state index in [2.05, 4.69) is 60.2 Å². The Bertz CT molecular complexity index is 531. The summed E-state index contributed by atoms with van der Waals surface area (Å²) in [7, 11) is 0. The first-order valence-electron chi connectivity index (χ1n) is 11.2. The van der Waals surface area contributed by atoms with E-state index in [9.17, 15) is 0 Å². The number of nitrogens with zero attached hydrogens (tertiary/aromatic N) is 2. The van der Waals surface area contributed by atoms with Gasteiger partial charge in [-0.15, -0.1) is 0 Å². The molecule has 0 atom stereocenters. The smallest absolute Gasteiger partial charge is 0.0372 e. The van der Waals surface area contributed by atoms with Gasteiger partial charge in [-0.05, 0) is 64.8 Å². The minimum atomic E-state index is 0. The monoisotopic (exact) mass is 426 g/mol. The number of hydrogen-bond donors (Lipinski definition) is 0. The fourth-order valence-corrected chi connectivity index (χ4v) is 1.72. The maximum absolute atomic E-state index is 4.08. The van der Waals surface area contributed by atoms with Crippen LogP contribution in [-0.2, 0) is 0 Å². The summed E-state index contributed by atoms with van der Waals surface area (Å²) in [4.78, 5) is 8.16. The summed E-state index contributed by atoms with van der Waals surface area (Å²) in [6.07, 6.45) is 3.74. The molecule has 31 heavy (non-hydrogen) atoms. The van der Waals surface area contributed by atoms with E-state index in [1.807, 2.05) is 93.8 Å². The van der Waals surface area contributed by atoms with Gasteiger partial charge in [-0.1, -0.05) is 96.5 Å². The Morgan fingerprint density at radius 1 is 0.387 bits per heavy atom. The Labute approximate surface area is 195 Å². The third-order valence-corrected chi connectivity index (χ3v) is 3.34. The Kier molecular flexibility index (Phi) is 29.6. The summed E-state index contributed by atoms with van der Waals surface area (Å²) in [6.45, 7) is 24.2. The van der Waals surface area contributed by atoms with Crippen molar-refractivity contribution < 1.29 is 0 Å². The maximum atomic E-state index is 4.08.